The summed E-state index contributed by atoms with van der Waals surface area (Å²) in [7, 11) is 9.73. The van der Waals surface area contributed by atoms with Crippen LogP contribution in [-0.4, -0.2) is 57.2 Å². The number of hydrogen-bond donors (Lipinski definition) is 1. The summed E-state index contributed by atoms with van der Waals surface area (Å²) < 4.78 is 0. The van der Waals surface area contributed by atoms with Crippen molar-refractivity contribution in [3.8, 4) is 0 Å². The third-order valence-electron chi connectivity index (χ3n) is 1.91. The lowest BCUT2D eigenvalue weighted by molar-refractivity contribution is 0.312. The Hall–Kier alpha value is -0.770. The highest BCUT2D eigenvalue weighted by Gasteiger charge is 2.12. The van der Waals surface area contributed by atoms with E-state index in [2.05, 4.69) is 22.1 Å². The number of guanidine groups is 1. The fourth-order valence-electron chi connectivity index (χ4n) is 1.04. The topological polar surface area (TPSA) is 30.9 Å². The maximum absolute atomic E-state index is 4.19. The first-order valence-electron chi connectivity index (χ1n) is 4.08. The lowest BCUT2D eigenvalue weighted by Crippen LogP contribution is -2.48. The van der Waals surface area contributed by atoms with Crippen molar-refractivity contribution < 1.29 is 0 Å². The molecule has 12 heavy (non-hydrogen) atoms. The van der Waals surface area contributed by atoms with Crippen molar-refractivity contribution in [3.63, 3.8) is 0 Å². The summed E-state index contributed by atoms with van der Waals surface area (Å²) in [4.78, 5) is 8.26. The minimum atomic E-state index is 0.297. The molecule has 0 radical (unpaired) electrons. The molecule has 0 aromatic carbocycles. The highest BCUT2D eigenvalue weighted by Crippen LogP contribution is 1.95. The highest BCUT2D eigenvalue weighted by molar-refractivity contribution is 5.79. The number of hydrogen-bond acceptors (Lipinski definition) is 2. The van der Waals surface area contributed by atoms with E-state index in [0.717, 1.165) is 5.96 Å². The van der Waals surface area contributed by atoms with Crippen LogP contribution in [-0.2, 0) is 0 Å². The van der Waals surface area contributed by atoms with Crippen LogP contribution in [0.1, 0.15) is 6.92 Å². The zero-order valence-corrected chi connectivity index (χ0v) is 8.92. The predicted octanol–water partition coefficient (Wildman–Crippen LogP) is 0.0310. The molecule has 0 aromatic heterocycles. The molecule has 1 atom stereocenters. The van der Waals surface area contributed by atoms with E-state index in [4.69, 9.17) is 0 Å². The summed E-state index contributed by atoms with van der Waals surface area (Å²) in [5.74, 6) is 0.969. The van der Waals surface area contributed by atoms with Gasteiger partial charge in [0.25, 0.3) is 0 Å². The quantitative estimate of drug-likeness (QED) is 0.362. The molecule has 0 amide bonds. The zero-order valence-electron chi connectivity index (χ0n) is 8.92. The van der Waals surface area contributed by atoms with E-state index in [1.54, 1.807) is 7.05 Å². The van der Waals surface area contributed by atoms with Crippen LogP contribution in [0.2, 0.25) is 0 Å². The number of rotatable bonds is 2. The van der Waals surface area contributed by atoms with E-state index in [1.165, 1.54) is 0 Å². The summed E-state index contributed by atoms with van der Waals surface area (Å²) in [6.07, 6.45) is 0.297. The molecule has 0 saturated carbocycles. The van der Waals surface area contributed by atoms with E-state index in [1.807, 2.05) is 33.1 Å². The van der Waals surface area contributed by atoms with E-state index in [9.17, 15) is 0 Å². The maximum Gasteiger partial charge on any atom is 0.196 e. The number of nitrogens with one attached hydrogen (secondary N) is 1. The van der Waals surface area contributed by atoms with Crippen molar-refractivity contribution in [3.05, 3.63) is 0 Å². The zero-order chi connectivity index (χ0) is 9.72. The Labute approximate surface area is 75.3 Å². The van der Waals surface area contributed by atoms with Crippen molar-refractivity contribution in [2.24, 2.45) is 4.99 Å². The number of aliphatic imine (C=N–C) groups is 1. The summed E-state index contributed by atoms with van der Waals surface area (Å²) in [5, 5.41) is 3.15. The van der Waals surface area contributed by atoms with Crippen molar-refractivity contribution in [1.82, 2.24) is 15.1 Å². The minimum absolute atomic E-state index is 0.297. The molecule has 0 aliphatic rings. The molecule has 0 fully saturated rings. The third kappa shape index (κ3) is 2.70. The molecule has 0 aliphatic heterocycles. The van der Waals surface area contributed by atoms with Gasteiger partial charge >= 0.3 is 0 Å². The molecule has 0 heterocycles. The van der Waals surface area contributed by atoms with Gasteiger partial charge in [-0.15, -0.1) is 0 Å². The molecule has 4 nitrogen and oxygen atoms in total. The second-order valence-corrected chi connectivity index (χ2v) is 2.99. The Morgan fingerprint density at radius 3 is 2.08 bits per heavy atom. The van der Waals surface area contributed by atoms with Gasteiger partial charge in [-0.05, 0) is 14.0 Å². The van der Waals surface area contributed by atoms with E-state index < -0.39 is 0 Å². The standard InChI is InChI=1S/C8H20N4/c1-7(9-2)12(6)8(10-3)11(4)5/h7,9H,1-6H3. The SMILES string of the molecule is CN=C(N(C)C)N(C)C(C)NC. The summed E-state index contributed by atoms with van der Waals surface area (Å²) >= 11 is 0. The van der Waals surface area contributed by atoms with Crippen molar-refractivity contribution in [2.75, 3.05) is 35.2 Å². The van der Waals surface area contributed by atoms with Crippen LogP contribution in [0.25, 0.3) is 0 Å². The molecule has 0 bridgehead atoms. The van der Waals surface area contributed by atoms with E-state index >= 15 is 0 Å². The van der Waals surface area contributed by atoms with Gasteiger partial charge in [0, 0.05) is 28.2 Å². The van der Waals surface area contributed by atoms with Crippen LogP contribution in [0.4, 0.5) is 0 Å². The summed E-state index contributed by atoms with van der Waals surface area (Å²) in [5.41, 5.74) is 0. The predicted molar refractivity (Wildman–Crippen MR) is 53.3 cm³/mol. The van der Waals surface area contributed by atoms with Crippen LogP contribution in [0.5, 0.6) is 0 Å². The smallest absolute Gasteiger partial charge is 0.196 e. The molecular formula is C8H20N4. The first-order valence-corrected chi connectivity index (χ1v) is 4.08. The number of nitrogens with zero attached hydrogens (tertiary/aromatic N) is 3. The van der Waals surface area contributed by atoms with Gasteiger partial charge < -0.3 is 15.1 Å². The molecule has 0 saturated heterocycles. The Morgan fingerprint density at radius 1 is 1.33 bits per heavy atom. The molecule has 4 heteroatoms. The van der Waals surface area contributed by atoms with Crippen LogP contribution >= 0.6 is 0 Å². The first kappa shape index (κ1) is 11.2. The molecule has 1 unspecified atom stereocenters. The monoisotopic (exact) mass is 172 g/mol. The van der Waals surface area contributed by atoms with Gasteiger partial charge in [0.2, 0.25) is 0 Å². The van der Waals surface area contributed by atoms with Crippen LogP contribution in [0.3, 0.4) is 0 Å². The Balaban J connectivity index is 4.33. The summed E-state index contributed by atoms with van der Waals surface area (Å²) in [6, 6.07) is 0. The lowest BCUT2D eigenvalue weighted by Gasteiger charge is -2.31. The third-order valence-corrected chi connectivity index (χ3v) is 1.91. The second-order valence-electron chi connectivity index (χ2n) is 2.99. The fourth-order valence-corrected chi connectivity index (χ4v) is 1.04. The van der Waals surface area contributed by atoms with Crippen LogP contribution < -0.4 is 5.32 Å². The minimum Gasteiger partial charge on any atom is -0.349 e. The largest absolute Gasteiger partial charge is 0.349 e. The Morgan fingerprint density at radius 2 is 1.83 bits per heavy atom. The Kier molecular flexibility index (Phi) is 4.66. The van der Waals surface area contributed by atoms with Gasteiger partial charge in [-0.1, -0.05) is 0 Å². The average Bonchev–Trinajstić information content (AvgIpc) is 2.03. The van der Waals surface area contributed by atoms with Gasteiger partial charge in [0.15, 0.2) is 5.96 Å². The fraction of sp³-hybridized carbons (Fsp3) is 0.875. The highest BCUT2D eigenvalue weighted by atomic mass is 15.4. The van der Waals surface area contributed by atoms with Gasteiger partial charge in [0.1, 0.15) is 0 Å². The molecule has 0 aliphatic carbocycles. The van der Waals surface area contributed by atoms with Gasteiger partial charge in [-0.3, -0.25) is 4.99 Å². The molecule has 1 N–H and O–H groups in total. The van der Waals surface area contributed by atoms with Gasteiger partial charge in [0.05, 0.1) is 6.17 Å². The van der Waals surface area contributed by atoms with Crippen molar-refractivity contribution in [2.45, 2.75) is 13.1 Å². The molecule has 0 spiro atoms. The average molecular weight is 172 g/mol. The van der Waals surface area contributed by atoms with Crippen molar-refractivity contribution >= 4 is 5.96 Å². The molecule has 72 valence electrons. The maximum atomic E-state index is 4.19. The van der Waals surface area contributed by atoms with Gasteiger partial charge in [-0.25, -0.2) is 0 Å². The first-order chi connectivity index (χ1) is 5.54. The van der Waals surface area contributed by atoms with E-state index in [-0.39, 0.29) is 0 Å². The van der Waals surface area contributed by atoms with Crippen LogP contribution in [0.15, 0.2) is 4.99 Å². The van der Waals surface area contributed by atoms with E-state index in [0.29, 0.717) is 6.17 Å². The van der Waals surface area contributed by atoms with Crippen LogP contribution in [0, 0.1) is 0 Å². The summed E-state index contributed by atoms with van der Waals surface area (Å²) in [6.45, 7) is 2.09. The second kappa shape index (κ2) is 4.98. The lowest BCUT2D eigenvalue weighted by atomic mass is 10.5. The normalized spacial score (nSPS) is 14.3. The molecule has 0 aromatic rings. The molecular weight excluding hydrogens is 152 g/mol. The van der Waals surface area contributed by atoms with Crippen molar-refractivity contribution in [1.29, 1.82) is 0 Å². The molecule has 0 rings (SSSR count). The van der Waals surface area contributed by atoms with Gasteiger partial charge in [-0.2, -0.15) is 0 Å². The Bertz CT molecular complexity index is 153.